The van der Waals surface area contributed by atoms with E-state index >= 15 is 0 Å². The van der Waals surface area contributed by atoms with Crippen LogP contribution in [0.25, 0.3) is 10.4 Å². The Labute approximate surface area is 82.2 Å². The number of carbonyl (C=O) groups excluding carboxylic acids is 1. The Morgan fingerprint density at radius 3 is 2.64 bits per heavy atom. The van der Waals surface area contributed by atoms with Crippen LogP contribution in [0.3, 0.4) is 0 Å². The first-order chi connectivity index (χ1) is 6.74. The Morgan fingerprint density at radius 2 is 2.14 bits per heavy atom. The molecule has 14 heavy (non-hydrogen) atoms. The average Bonchev–Trinajstić information content (AvgIpc) is 2.18. The highest BCUT2D eigenvalue weighted by molar-refractivity contribution is 5.76. The quantitative estimate of drug-likeness (QED) is 0.408. The molecule has 0 radical (unpaired) electrons. The first kappa shape index (κ1) is 10.3. The maximum atomic E-state index is 10.9. The summed E-state index contributed by atoms with van der Waals surface area (Å²) in [6.07, 6.45) is 0.258. The molecule has 72 valence electrons. The van der Waals surface area contributed by atoms with Gasteiger partial charge in [0.1, 0.15) is 5.78 Å². The van der Waals surface area contributed by atoms with E-state index in [-0.39, 0.29) is 18.2 Å². The molecule has 0 saturated carbocycles. The van der Waals surface area contributed by atoms with Crippen molar-refractivity contribution in [1.29, 1.82) is 0 Å². The molecule has 1 aromatic carbocycles. The van der Waals surface area contributed by atoms with Crippen molar-refractivity contribution in [3.05, 3.63) is 46.3 Å². The van der Waals surface area contributed by atoms with Gasteiger partial charge in [0.25, 0.3) is 0 Å². The van der Waals surface area contributed by atoms with E-state index in [9.17, 15) is 4.79 Å². The molecule has 0 spiro atoms. The Balaban J connectivity index is 2.88. The zero-order valence-electron chi connectivity index (χ0n) is 7.92. The van der Waals surface area contributed by atoms with E-state index in [1.807, 2.05) is 30.3 Å². The van der Waals surface area contributed by atoms with E-state index in [4.69, 9.17) is 5.53 Å². The largest absolute Gasteiger partial charge is 0.300 e. The monoisotopic (exact) mass is 189 g/mol. The molecule has 1 aromatic rings. The standard InChI is InChI=1S/C10H11N3O/c1-8(14)7-10(12-13-11)9-5-3-2-4-6-9/h2-6,10H,7H2,1H3. The fourth-order valence-corrected chi connectivity index (χ4v) is 1.24. The van der Waals surface area contributed by atoms with Gasteiger partial charge < -0.3 is 4.79 Å². The number of ketones is 1. The summed E-state index contributed by atoms with van der Waals surface area (Å²) < 4.78 is 0. The van der Waals surface area contributed by atoms with E-state index < -0.39 is 0 Å². The van der Waals surface area contributed by atoms with Gasteiger partial charge in [0.15, 0.2) is 0 Å². The molecule has 1 unspecified atom stereocenters. The number of hydrogen-bond donors (Lipinski definition) is 0. The third-order valence-electron chi connectivity index (χ3n) is 1.86. The number of Topliss-reactive ketones (excluding diaryl/α,β-unsaturated/α-hetero) is 1. The van der Waals surface area contributed by atoms with Gasteiger partial charge in [-0.2, -0.15) is 0 Å². The van der Waals surface area contributed by atoms with Crippen molar-refractivity contribution in [2.45, 2.75) is 19.4 Å². The number of benzene rings is 1. The summed E-state index contributed by atoms with van der Waals surface area (Å²) in [5.41, 5.74) is 9.23. The van der Waals surface area contributed by atoms with Gasteiger partial charge in [0.05, 0.1) is 6.04 Å². The lowest BCUT2D eigenvalue weighted by molar-refractivity contribution is -0.117. The molecule has 1 rings (SSSR count). The van der Waals surface area contributed by atoms with Crippen molar-refractivity contribution in [3.63, 3.8) is 0 Å². The molecule has 1 atom stereocenters. The van der Waals surface area contributed by atoms with Gasteiger partial charge in [0, 0.05) is 11.3 Å². The second kappa shape index (κ2) is 5.04. The minimum atomic E-state index is -0.376. The number of carbonyl (C=O) groups is 1. The maximum absolute atomic E-state index is 10.9. The van der Waals surface area contributed by atoms with Crippen LogP contribution in [0.2, 0.25) is 0 Å². The fraction of sp³-hybridized carbons (Fsp3) is 0.300. The first-order valence-corrected chi connectivity index (χ1v) is 4.32. The van der Waals surface area contributed by atoms with E-state index in [1.54, 1.807) is 0 Å². The third kappa shape index (κ3) is 2.92. The molecule has 0 heterocycles. The third-order valence-corrected chi connectivity index (χ3v) is 1.86. The molecule has 0 aliphatic rings. The molecule has 0 aliphatic heterocycles. The molecule has 4 nitrogen and oxygen atoms in total. The lowest BCUT2D eigenvalue weighted by Gasteiger charge is -2.08. The molecule has 0 aromatic heterocycles. The summed E-state index contributed by atoms with van der Waals surface area (Å²) in [6.45, 7) is 1.49. The van der Waals surface area contributed by atoms with Gasteiger partial charge in [-0.1, -0.05) is 35.4 Å². The lowest BCUT2D eigenvalue weighted by atomic mass is 10.0. The molecule has 0 amide bonds. The van der Waals surface area contributed by atoms with Crippen molar-refractivity contribution < 1.29 is 4.79 Å². The number of azide groups is 1. The summed E-state index contributed by atoms with van der Waals surface area (Å²) in [4.78, 5) is 13.7. The van der Waals surface area contributed by atoms with Crippen LogP contribution in [-0.2, 0) is 4.79 Å². The Morgan fingerprint density at radius 1 is 1.50 bits per heavy atom. The SMILES string of the molecule is CC(=O)CC(N=[N+]=[N-])c1ccccc1. The summed E-state index contributed by atoms with van der Waals surface area (Å²) in [7, 11) is 0. The second-order valence-electron chi connectivity index (χ2n) is 3.04. The highest BCUT2D eigenvalue weighted by Gasteiger charge is 2.10. The molecule has 0 saturated heterocycles. The number of rotatable bonds is 4. The smallest absolute Gasteiger partial charge is 0.130 e. The van der Waals surface area contributed by atoms with Crippen LogP contribution in [0.4, 0.5) is 0 Å². The van der Waals surface area contributed by atoms with Crippen molar-refractivity contribution >= 4 is 5.78 Å². The molecule has 4 heteroatoms. The average molecular weight is 189 g/mol. The Hall–Kier alpha value is -1.80. The first-order valence-electron chi connectivity index (χ1n) is 4.32. The van der Waals surface area contributed by atoms with Crippen molar-refractivity contribution in [2.75, 3.05) is 0 Å². The molecule has 0 N–H and O–H groups in total. The van der Waals surface area contributed by atoms with Gasteiger partial charge in [-0.25, -0.2) is 0 Å². The van der Waals surface area contributed by atoms with Crippen LogP contribution in [0.5, 0.6) is 0 Å². The van der Waals surface area contributed by atoms with E-state index in [0.29, 0.717) is 0 Å². The predicted molar refractivity (Wildman–Crippen MR) is 53.6 cm³/mol. The zero-order chi connectivity index (χ0) is 10.4. The summed E-state index contributed by atoms with van der Waals surface area (Å²) >= 11 is 0. The minimum absolute atomic E-state index is 0.0197. The number of hydrogen-bond acceptors (Lipinski definition) is 2. The predicted octanol–water partition coefficient (Wildman–Crippen LogP) is 3.02. The van der Waals surface area contributed by atoms with Gasteiger partial charge in [-0.3, -0.25) is 0 Å². The fourth-order valence-electron chi connectivity index (χ4n) is 1.24. The topological polar surface area (TPSA) is 65.8 Å². The van der Waals surface area contributed by atoms with Crippen LogP contribution in [-0.4, -0.2) is 5.78 Å². The van der Waals surface area contributed by atoms with Crippen molar-refractivity contribution in [1.82, 2.24) is 0 Å². The van der Waals surface area contributed by atoms with Gasteiger partial charge in [-0.15, -0.1) is 0 Å². The lowest BCUT2D eigenvalue weighted by Crippen LogP contribution is -2.00. The summed E-state index contributed by atoms with van der Waals surface area (Å²) in [5, 5.41) is 3.59. The molecule has 0 bridgehead atoms. The Kier molecular flexibility index (Phi) is 3.70. The molecule has 0 fully saturated rings. The highest BCUT2D eigenvalue weighted by Crippen LogP contribution is 2.21. The van der Waals surface area contributed by atoms with Gasteiger partial charge in [-0.05, 0) is 18.0 Å². The normalized spacial score (nSPS) is 11.5. The summed E-state index contributed by atoms with van der Waals surface area (Å²) in [6, 6.07) is 8.92. The molecular weight excluding hydrogens is 178 g/mol. The summed E-state index contributed by atoms with van der Waals surface area (Å²) in [5.74, 6) is 0.0197. The van der Waals surface area contributed by atoms with Crippen molar-refractivity contribution in [2.24, 2.45) is 5.11 Å². The van der Waals surface area contributed by atoms with Crippen molar-refractivity contribution in [3.8, 4) is 0 Å². The number of nitrogens with zero attached hydrogens (tertiary/aromatic N) is 3. The zero-order valence-corrected chi connectivity index (χ0v) is 7.92. The molecular formula is C10H11N3O. The van der Waals surface area contributed by atoms with Crippen LogP contribution in [0, 0.1) is 0 Å². The van der Waals surface area contributed by atoms with E-state index in [1.165, 1.54) is 6.92 Å². The molecule has 0 aliphatic carbocycles. The van der Waals surface area contributed by atoms with E-state index in [0.717, 1.165) is 5.56 Å². The maximum Gasteiger partial charge on any atom is 0.130 e. The van der Waals surface area contributed by atoms with Crippen LogP contribution < -0.4 is 0 Å². The van der Waals surface area contributed by atoms with Gasteiger partial charge >= 0.3 is 0 Å². The van der Waals surface area contributed by atoms with Crippen LogP contribution >= 0.6 is 0 Å². The second-order valence-corrected chi connectivity index (χ2v) is 3.04. The van der Waals surface area contributed by atoms with Crippen LogP contribution in [0.1, 0.15) is 24.9 Å². The van der Waals surface area contributed by atoms with Gasteiger partial charge in [0.2, 0.25) is 0 Å². The minimum Gasteiger partial charge on any atom is -0.300 e. The van der Waals surface area contributed by atoms with E-state index in [2.05, 4.69) is 10.0 Å². The Bertz CT molecular complexity index is 355. The van der Waals surface area contributed by atoms with Crippen LogP contribution in [0.15, 0.2) is 35.4 Å². The highest BCUT2D eigenvalue weighted by atomic mass is 16.1.